The minimum atomic E-state index is -0.332. The van der Waals surface area contributed by atoms with Gasteiger partial charge in [-0.1, -0.05) is 6.07 Å². The highest BCUT2D eigenvalue weighted by atomic mass is 19.1. The van der Waals surface area contributed by atoms with Gasteiger partial charge in [-0.3, -0.25) is 0 Å². The molecule has 0 aliphatic rings. The van der Waals surface area contributed by atoms with Gasteiger partial charge in [0.15, 0.2) is 11.6 Å². The Bertz CT molecular complexity index is 331. The van der Waals surface area contributed by atoms with Crippen LogP contribution >= 0.6 is 0 Å². The first-order valence-electron chi connectivity index (χ1n) is 5.23. The number of methoxy groups -OCH3 is 2. The number of nitrogens with one attached hydrogen (secondary N) is 1. The van der Waals surface area contributed by atoms with Crippen LogP contribution in [0.25, 0.3) is 0 Å². The average Bonchev–Trinajstić information content (AvgIpc) is 2.29. The van der Waals surface area contributed by atoms with Gasteiger partial charge in [-0.15, -0.1) is 0 Å². The predicted octanol–water partition coefficient (Wildman–Crippen LogP) is 1.96. The van der Waals surface area contributed by atoms with E-state index in [0.717, 1.165) is 12.1 Å². The minimum absolute atomic E-state index is 0.156. The number of ether oxygens (including phenoxy) is 2. The molecule has 0 fully saturated rings. The van der Waals surface area contributed by atoms with Crippen LogP contribution in [-0.2, 0) is 11.3 Å². The summed E-state index contributed by atoms with van der Waals surface area (Å²) in [5.41, 5.74) is 0.890. The summed E-state index contributed by atoms with van der Waals surface area (Å²) in [6, 6.07) is 4.95. The van der Waals surface area contributed by atoms with Crippen molar-refractivity contribution < 1.29 is 13.9 Å². The predicted molar refractivity (Wildman–Crippen MR) is 61.1 cm³/mol. The highest BCUT2D eigenvalue weighted by molar-refractivity contribution is 5.29. The lowest BCUT2D eigenvalue weighted by Crippen LogP contribution is -2.25. The molecule has 0 spiro atoms. The van der Waals surface area contributed by atoms with E-state index in [9.17, 15) is 4.39 Å². The Morgan fingerprint density at radius 3 is 2.69 bits per heavy atom. The molecule has 0 aliphatic heterocycles. The molecule has 0 aromatic heterocycles. The average molecular weight is 227 g/mol. The molecule has 1 rings (SSSR count). The van der Waals surface area contributed by atoms with Crippen LogP contribution in [0.2, 0.25) is 0 Å². The molecule has 0 saturated heterocycles. The van der Waals surface area contributed by atoms with E-state index in [-0.39, 0.29) is 17.7 Å². The van der Waals surface area contributed by atoms with Gasteiger partial charge in [0.2, 0.25) is 0 Å². The summed E-state index contributed by atoms with van der Waals surface area (Å²) in [6.45, 7) is 3.33. The lowest BCUT2D eigenvalue weighted by Gasteiger charge is -2.11. The Morgan fingerprint density at radius 1 is 1.38 bits per heavy atom. The van der Waals surface area contributed by atoms with E-state index in [2.05, 4.69) is 5.32 Å². The third kappa shape index (κ3) is 3.79. The van der Waals surface area contributed by atoms with Crippen LogP contribution in [0.15, 0.2) is 18.2 Å². The van der Waals surface area contributed by atoms with Gasteiger partial charge in [0.05, 0.1) is 13.2 Å². The molecular formula is C12H18FNO2. The Labute approximate surface area is 95.6 Å². The summed E-state index contributed by atoms with van der Waals surface area (Å²) in [5, 5.41) is 3.18. The molecule has 1 aromatic carbocycles. The standard InChI is InChI=1S/C12H18FNO2/c1-9(15-2)7-14-8-10-4-5-12(16-3)11(13)6-10/h4-6,9,14H,7-8H2,1-3H3. The fourth-order valence-corrected chi connectivity index (χ4v) is 1.32. The quantitative estimate of drug-likeness (QED) is 0.805. The lowest BCUT2D eigenvalue weighted by molar-refractivity contribution is 0.117. The number of benzene rings is 1. The number of halogens is 1. The van der Waals surface area contributed by atoms with Crippen molar-refractivity contribution in [3.63, 3.8) is 0 Å². The molecule has 4 heteroatoms. The second-order valence-corrected chi connectivity index (χ2v) is 3.65. The third-order valence-electron chi connectivity index (χ3n) is 2.38. The lowest BCUT2D eigenvalue weighted by atomic mass is 10.2. The van der Waals surface area contributed by atoms with Crippen molar-refractivity contribution in [2.75, 3.05) is 20.8 Å². The van der Waals surface area contributed by atoms with Crippen LogP contribution in [0.3, 0.4) is 0 Å². The first-order chi connectivity index (χ1) is 7.67. The van der Waals surface area contributed by atoms with Crippen LogP contribution in [0.5, 0.6) is 5.75 Å². The van der Waals surface area contributed by atoms with Crippen LogP contribution in [0.1, 0.15) is 12.5 Å². The van der Waals surface area contributed by atoms with Gasteiger partial charge in [0.1, 0.15) is 0 Å². The molecule has 0 saturated carbocycles. The molecule has 0 aliphatic carbocycles. The fourth-order valence-electron chi connectivity index (χ4n) is 1.32. The van der Waals surface area contributed by atoms with Crippen molar-refractivity contribution in [1.82, 2.24) is 5.32 Å². The monoisotopic (exact) mass is 227 g/mol. The summed E-state index contributed by atoms with van der Waals surface area (Å²) >= 11 is 0. The Kier molecular flexibility index (Phi) is 5.22. The number of hydrogen-bond donors (Lipinski definition) is 1. The van der Waals surface area contributed by atoms with Gasteiger partial charge in [-0.05, 0) is 24.6 Å². The van der Waals surface area contributed by atoms with Crippen LogP contribution in [0.4, 0.5) is 4.39 Å². The van der Waals surface area contributed by atoms with Crippen molar-refractivity contribution >= 4 is 0 Å². The van der Waals surface area contributed by atoms with Gasteiger partial charge < -0.3 is 14.8 Å². The summed E-state index contributed by atoms with van der Waals surface area (Å²) in [5.74, 6) is -0.0596. The molecule has 0 heterocycles. The summed E-state index contributed by atoms with van der Waals surface area (Å²) in [6.07, 6.45) is 0.156. The smallest absolute Gasteiger partial charge is 0.165 e. The number of hydrogen-bond acceptors (Lipinski definition) is 3. The van der Waals surface area contributed by atoms with E-state index < -0.39 is 0 Å². The third-order valence-corrected chi connectivity index (χ3v) is 2.38. The van der Waals surface area contributed by atoms with Gasteiger partial charge in [-0.25, -0.2) is 4.39 Å². The van der Waals surface area contributed by atoms with Crippen LogP contribution < -0.4 is 10.1 Å². The fraction of sp³-hybridized carbons (Fsp3) is 0.500. The second kappa shape index (κ2) is 6.45. The molecule has 0 bridgehead atoms. The van der Waals surface area contributed by atoms with Crippen LogP contribution in [0, 0.1) is 5.82 Å². The van der Waals surface area contributed by atoms with E-state index in [4.69, 9.17) is 9.47 Å². The zero-order valence-corrected chi connectivity index (χ0v) is 9.92. The highest BCUT2D eigenvalue weighted by Crippen LogP contribution is 2.17. The largest absolute Gasteiger partial charge is 0.494 e. The molecule has 3 nitrogen and oxygen atoms in total. The SMILES string of the molecule is COc1ccc(CNCC(C)OC)cc1F. The first-order valence-corrected chi connectivity index (χ1v) is 5.23. The molecule has 16 heavy (non-hydrogen) atoms. The maximum absolute atomic E-state index is 13.3. The second-order valence-electron chi connectivity index (χ2n) is 3.65. The summed E-state index contributed by atoms with van der Waals surface area (Å²) in [4.78, 5) is 0. The molecule has 1 aromatic rings. The van der Waals surface area contributed by atoms with E-state index in [0.29, 0.717) is 6.54 Å². The maximum atomic E-state index is 13.3. The topological polar surface area (TPSA) is 30.5 Å². The van der Waals surface area contributed by atoms with E-state index in [1.165, 1.54) is 13.2 Å². The maximum Gasteiger partial charge on any atom is 0.165 e. The van der Waals surface area contributed by atoms with Gasteiger partial charge in [0, 0.05) is 20.2 Å². The molecule has 1 atom stereocenters. The molecule has 0 radical (unpaired) electrons. The first kappa shape index (κ1) is 12.9. The van der Waals surface area contributed by atoms with Crippen LogP contribution in [-0.4, -0.2) is 26.9 Å². The molecule has 90 valence electrons. The zero-order valence-electron chi connectivity index (χ0n) is 9.92. The molecule has 1 unspecified atom stereocenters. The Balaban J connectivity index is 2.46. The van der Waals surface area contributed by atoms with E-state index in [1.54, 1.807) is 13.2 Å². The van der Waals surface area contributed by atoms with Gasteiger partial charge in [0.25, 0.3) is 0 Å². The summed E-state index contributed by atoms with van der Waals surface area (Å²) in [7, 11) is 3.12. The Morgan fingerprint density at radius 2 is 2.12 bits per heavy atom. The van der Waals surface area contributed by atoms with Crippen molar-refractivity contribution in [2.24, 2.45) is 0 Å². The number of rotatable bonds is 6. The summed E-state index contributed by atoms with van der Waals surface area (Å²) < 4.78 is 23.3. The molecule has 0 amide bonds. The highest BCUT2D eigenvalue weighted by Gasteiger charge is 2.03. The van der Waals surface area contributed by atoms with E-state index >= 15 is 0 Å². The normalized spacial score (nSPS) is 12.5. The van der Waals surface area contributed by atoms with Gasteiger partial charge >= 0.3 is 0 Å². The molecule has 1 N–H and O–H groups in total. The van der Waals surface area contributed by atoms with Crippen molar-refractivity contribution in [3.05, 3.63) is 29.6 Å². The zero-order chi connectivity index (χ0) is 12.0. The van der Waals surface area contributed by atoms with E-state index in [1.807, 2.05) is 13.0 Å². The van der Waals surface area contributed by atoms with Gasteiger partial charge in [-0.2, -0.15) is 0 Å². The molecular weight excluding hydrogens is 209 g/mol. The van der Waals surface area contributed by atoms with Crippen molar-refractivity contribution in [2.45, 2.75) is 19.6 Å². The minimum Gasteiger partial charge on any atom is -0.494 e. The van der Waals surface area contributed by atoms with Crippen molar-refractivity contribution in [3.8, 4) is 5.75 Å². The van der Waals surface area contributed by atoms with Crippen molar-refractivity contribution in [1.29, 1.82) is 0 Å². The Hall–Kier alpha value is -1.13.